The summed E-state index contributed by atoms with van der Waals surface area (Å²) in [6.45, 7) is 1.56. The standard InChI is InChI=1S/C9H13N4O4P/c1-2-7-3-4-8-9(10)12(5-11-13(7)8)6-17-18(14,15)16/h3-5,10H,2,6H2,1H3,(H2,14,15,16). The molecule has 2 heterocycles. The van der Waals surface area contributed by atoms with E-state index >= 15 is 0 Å². The Morgan fingerprint density at radius 1 is 1.50 bits per heavy atom. The van der Waals surface area contributed by atoms with Gasteiger partial charge in [0.1, 0.15) is 18.6 Å². The van der Waals surface area contributed by atoms with E-state index in [4.69, 9.17) is 15.2 Å². The van der Waals surface area contributed by atoms with Gasteiger partial charge in [0.15, 0.2) is 5.49 Å². The van der Waals surface area contributed by atoms with E-state index in [1.54, 1.807) is 10.6 Å². The van der Waals surface area contributed by atoms with Crippen LogP contribution in [-0.2, 0) is 22.2 Å². The Morgan fingerprint density at radius 3 is 2.83 bits per heavy atom. The average Bonchev–Trinajstić information content (AvgIpc) is 2.70. The fraction of sp³-hybridized carbons (Fsp3) is 0.333. The summed E-state index contributed by atoms with van der Waals surface area (Å²) in [6.07, 6.45) is 2.09. The van der Waals surface area contributed by atoms with Gasteiger partial charge in [0.05, 0.1) is 0 Å². The second-order valence-corrected chi connectivity index (χ2v) is 4.91. The topological polar surface area (TPSA) is 113 Å². The predicted molar refractivity (Wildman–Crippen MR) is 61.5 cm³/mol. The van der Waals surface area contributed by atoms with Crippen molar-refractivity contribution in [3.05, 3.63) is 29.6 Å². The molecule has 9 heteroatoms. The fourth-order valence-corrected chi connectivity index (χ4v) is 1.88. The van der Waals surface area contributed by atoms with Gasteiger partial charge in [0.25, 0.3) is 0 Å². The highest BCUT2D eigenvalue weighted by Gasteiger charge is 2.14. The van der Waals surface area contributed by atoms with Gasteiger partial charge in [-0.25, -0.2) is 9.08 Å². The first-order chi connectivity index (χ1) is 8.42. The Labute approximate surface area is 102 Å². The smallest absolute Gasteiger partial charge is 0.303 e. The third-order valence-corrected chi connectivity index (χ3v) is 2.95. The van der Waals surface area contributed by atoms with E-state index in [2.05, 4.69) is 9.62 Å². The number of fused-ring (bicyclic) bond motifs is 1. The number of phosphoric ester groups is 1. The molecule has 98 valence electrons. The van der Waals surface area contributed by atoms with E-state index < -0.39 is 14.6 Å². The lowest BCUT2D eigenvalue weighted by molar-refractivity contribution is 0.149. The van der Waals surface area contributed by atoms with Crippen LogP contribution < -0.4 is 5.49 Å². The van der Waals surface area contributed by atoms with Gasteiger partial charge in [-0.1, -0.05) is 6.92 Å². The van der Waals surface area contributed by atoms with Crippen molar-refractivity contribution in [3.63, 3.8) is 0 Å². The highest BCUT2D eigenvalue weighted by Crippen LogP contribution is 2.35. The first-order valence-corrected chi connectivity index (χ1v) is 6.76. The van der Waals surface area contributed by atoms with Gasteiger partial charge >= 0.3 is 7.82 Å². The lowest BCUT2D eigenvalue weighted by Crippen LogP contribution is -2.24. The summed E-state index contributed by atoms with van der Waals surface area (Å²) in [6, 6.07) is 3.59. The molecule has 0 bridgehead atoms. The summed E-state index contributed by atoms with van der Waals surface area (Å²) in [5.74, 6) is 0. The maximum Gasteiger partial charge on any atom is 0.471 e. The third-order valence-electron chi connectivity index (χ3n) is 2.50. The van der Waals surface area contributed by atoms with Crippen LogP contribution >= 0.6 is 7.82 Å². The minimum atomic E-state index is -4.55. The van der Waals surface area contributed by atoms with Crippen LogP contribution in [0.4, 0.5) is 0 Å². The van der Waals surface area contributed by atoms with E-state index in [1.807, 2.05) is 13.0 Å². The van der Waals surface area contributed by atoms with Crippen molar-refractivity contribution in [3.8, 4) is 0 Å². The molecule has 0 aliphatic rings. The molecule has 0 saturated heterocycles. The number of rotatable bonds is 4. The largest absolute Gasteiger partial charge is 0.471 e. The zero-order chi connectivity index (χ0) is 13.3. The van der Waals surface area contributed by atoms with Crippen molar-refractivity contribution < 1.29 is 18.9 Å². The highest BCUT2D eigenvalue weighted by atomic mass is 31.2. The van der Waals surface area contributed by atoms with E-state index in [1.165, 1.54) is 10.9 Å². The van der Waals surface area contributed by atoms with Gasteiger partial charge in [-0.05, 0) is 18.6 Å². The minimum absolute atomic E-state index is 0.0816. The molecule has 8 nitrogen and oxygen atoms in total. The van der Waals surface area contributed by atoms with Gasteiger partial charge in [0.2, 0.25) is 0 Å². The van der Waals surface area contributed by atoms with Crippen LogP contribution in [0.15, 0.2) is 18.5 Å². The molecule has 3 N–H and O–H groups in total. The zero-order valence-electron chi connectivity index (χ0n) is 9.65. The van der Waals surface area contributed by atoms with E-state index in [9.17, 15) is 4.57 Å². The molecule has 0 aromatic carbocycles. The van der Waals surface area contributed by atoms with Crippen LogP contribution in [0.2, 0.25) is 0 Å². The second kappa shape index (κ2) is 4.66. The number of aryl methyl sites for hydroxylation is 1. The molecule has 0 fully saturated rings. The fourth-order valence-electron chi connectivity index (χ4n) is 1.61. The Balaban J connectivity index is 2.40. The molecule has 2 rings (SSSR count). The molecule has 2 aromatic rings. The molecule has 0 spiro atoms. The SMILES string of the molecule is CCc1ccc2c(=N)n(COP(=O)(O)O)cnn12. The van der Waals surface area contributed by atoms with Crippen LogP contribution in [0.25, 0.3) is 5.52 Å². The van der Waals surface area contributed by atoms with E-state index in [0.717, 1.165) is 12.1 Å². The van der Waals surface area contributed by atoms with Gasteiger partial charge in [-0.3, -0.25) is 14.5 Å². The van der Waals surface area contributed by atoms with Gasteiger partial charge < -0.3 is 9.79 Å². The van der Waals surface area contributed by atoms with Crippen LogP contribution in [0, 0.1) is 5.41 Å². The summed E-state index contributed by atoms with van der Waals surface area (Å²) in [4.78, 5) is 17.2. The Hall–Kier alpha value is -1.47. The maximum absolute atomic E-state index is 10.6. The highest BCUT2D eigenvalue weighted by molar-refractivity contribution is 7.46. The zero-order valence-corrected chi connectivity index (χ0v) is 10.5. The Morgan fingerprint density at radius 2 is 2.22 bits per heavy atom. The molecular weight excluding hydrogens is 259 g/mol. The summed E-state index contributed by atoms with van der Waals surface area (Å²) in [5.41, 5.74) is 1.60. The summed E-state index contributed by atoms with van der Waals surface area (Å²) in [5, 5.41) is 12.0. The monoisotopic (exact) mass is 272 g/mol. The first kappa shape index (κ1) is 13.0. The molecule has 0 radical (unpaired) electrons. The van der Waals surface area contributed by atoms with Gasteiger partial charge in [-0.2, -0.15) is 5.10 Å². The van der Waals surface area contributed by atoms with Crippen molar-refractivity contribution in [2.24, 2.45) is 0 Å². The van der Waals surface area contributed by atoms with Crippen molar-refractivity contribution in [1.82, 2.24) is 14.2 Å². The van der Waals surface area contributed by atoms with Crippen LogP contribution in [0.1, 0.15) is 12.6 Å². The molecule has 18 heavy (non-hydrogen) atoms. The van der Waals surface area contributed by atoms with Crippen LogP contribution in [-0.4, -0.2) is 24.0 Å². The van der Waals surface area contributed by atoms with Crippen molar-refractivity contribution >= 4 is 13.3 Å². The first-order valence-electron chi connectivity index (χ1n) is 5.23. The Kier molecular flexibility index (Phi) is 3.36. The van der Waals surface area contributed by atoms with E-state index in [-0.39, 0.29) is 5.49 Å². The lowest BCUT2D eigenvalue weighted by Gasteiger charge is -2.09. The second-order valence-electron chi connectivity index (χ2n) is 3.67. The number of nitrogens with zero attached hydrogens (tertiary/aromatic N) is 3. The molecule has 0 aliphatic heterocycles. The van der Waals surface area contributed by atoms with Gasteiger partial charge in [0, 0.05) is 5.69 Å². The molecule has 0 amide bonds. The van der Waals surface area contributed by atoms with Crippen LogP contribution in [0.3, 0.4) is 0 Å². The van der Waals surface area contributed by atoms with Crippen LogP contribution in [0.5, 0.6) is 0 Å². The number of nitrogens with one attached hydrogen (secondary N) is 1. The van der Waals surface area contributed by atoms with Crippen molar-refractivity contribution in [2.75, 3.05) is 0 Å². The normalized spacial score (nSPS) is 12.2. The molecular formula is C9H13N4O4P. The molecule has 0 aliphatic carbocycles. The van der Waals surface area contributed by atoms with Crippen molar-refractivity contribution in [1.29, 1.82) is 5.41 Å². The maximum atomic E-state index is 10.6. The molecule has 2 aromatic heterocycles. The lowest BCUT2D eigenvalue weighted by atomic mass is 10.3. The molecule has 0 unspecified atom stereocenters. The van der Waals surface area contributed by atoms with Crippen molar-refractivity contribution in [2.45, 2.75) is 20.1 Å². The number of hydrogen-bond acceptors (Lipinski definition) is 4. The Bertz CT molecular complexity index is 671. The van der Waals surface area contributed by atoms with Gasteiger partial charge in [-0.15, -0.1) is 0 Å². The predicted octanol–water partition coefficient (Wildman–Crippen LogP) is 0.244. The van der Waals surface area contributed by atoms with E-state index in [0.29, 0.717) is 5.52 Å². The molecule has 0 saturated carbocycles. The number of phosphoric acid groups is 1. The number of aromatic nitrogens is 3. The summed E-state index contributed by atoms with van der Waals surface area (Å²) in [7, 11) is -4.55. The number of hydrogen-bond donors (Lipinski definition) is 3. The third kappa shape index (κ3) is 2.51. The molecule has 0 atom stereocenters. The summed E-state index contributed by atoms with van der Waals surface area (Å²) < 4.78 is 17.8. The average molecular weight is 272 g/mol. The quantitative estimate of drug-likeness (QED) is 0.690. The summed E-state index contributed by atoms with van der Waals surface area (Å²) >= 11 is 0. The minimum Gasteiger partial charge on any atom is -0.303 e.